The molecule has 2 rings (SSSR count). The zero-order valence-electron chi connectivity index (χ0n) is 10.5. The number of rotatable bonds is 4. The quantitative estimate of drug-likeness (QED) is 0.789. The van der Waals surface area contributed by atoms with E-state index in [0.29, 0.717) is 38.5 Å². The Morgan fingerprint density at radius 2 is 1.78 bits per heavy atom. The lowest BCUT2D eigenvalue weighted by Gasteiger charge is -2.33. The molecular formula is C11H18N4O2S. The van der Waals surface area contributed by atoms with Gasteiger partial charge in [-0.25, -0.2) is 18.4 Å². The van der Waals surface area contributed by atoms with Crippen LogP contribution >= 0.6 is 0 Å². The maximum atomic E-state index is 11.9. The van der Waals surface area contributed by atoms with Gasteiger partial charge in [0.2, 0.25) is 16.0 Å². The molecule has 1 fully saturated rings. The average molecular weight is 270 g/mol. The first-order chi connectivity index (χ1) is 8.63. The van der Waals surface area contributed by atoms with Crippen LogP contribution in [0.25, 0.3) is 0 Å². The highest BCUT2D eigenvalue weighted by molar-refractivity contribution is 7.89. The van der Waals surface area contributed by atoms with Crippen molar-refractivity contribution in [2.75, 3.05) is 36.8 Å². The van der Waals surface area contributed by atoms with Gasteiger partial charge in [0.1, 0.15) is 0 Å². The Morgan fingerprint density at radius 3 is 2.33 bits per heavy atom. The Labute approximate surface area is 108 Å². The van der Waals surface area contributed by atoms with Gasteiger partial charge in [-0.1, -0.05) is 6.92 Å². The standard InChI is InChI=1S/C11H18N4O2S/c1-2-10-18(16,17)15-8-6-14(7-9-15)11-12-4-3-5-13-11/h3-5H,2,6-10H2,1H3. The molecule has 0 amide bonds. The van der Waals surface area contributed by atoms with Gasteiger partial charge in [-0.05, 0) is 12.5 Å². The third-order valence-electron chi connectivity index (χ3n) is 2.93. The number of aromatic nitrogens is 2. The summed E-state index contributed by atoms with van der Waals surface area (Å²) in [5.74, 6) is 0.902. The Morgan fingerprint density at radius 1 is 1.17 bits per heavy atom. The van der Waals surface area contributed by atoms with E-state index in [0.717, 1.165) is 0 Å². The van der Waals surface area contributed by atoms with Gasteiger partial charge in [-0.15, -0.1) is 0 Å². The summed E-state index contributed by atoms with van der Waals surface area (Å²) >= 11 is 0. The van der Waals surface area contributed by atoms with Crippen molar-refractivity contribution in [1.29, 1.82) is 0 Å². The average Bonchev–Trinajstić information content (AvgIpc) is 2.40. The van der Waals surface area contributed by atoms with E-state index in [2.05, 4.69) is 9.97 Å². The highest BCUT2D eigenvalue weighted by Crippen LogP contribution is 2.13. The van der Waals surface area contributed by atoms with E-state index in [-0.39, 0.29) is 5.75 Å². The summed E-state index contributed by atoms with van der Waals surface area (Å²) in [4.78, 5) is 10.4. The minimum absolute atomic E-state index is 0.231. The van der Waals surface area contributed by atoms with Crippen LogP contribution in [0.1, 0.15) is 13.3 Å². The number of piperazine rings is 1. The van der Waals surface area contributed by atoms with Gasteiger partial charge >= 0.3 is 0 Å². The largest absolute Gasteiger partial charge is 0.338 e. The summed E-state index contributed by atoms with van der Waals surface area (Å²) in [7, 11) is -3.07. The van der Waals surface area contributed by atoms with Gasteiger partial charge in [-0.2, -0.15) is 4.31 Å². The normalized spacial score (nSPS) is 17.9. The summed E-state index contributed by atoms with van der Waals surface area (Å²) in [5.41, 5.74) is 0. The monoisotopic (exact) mass is 270 g/mol. The maximum absolute atomic E-state index is 11.9. The van der Waals surface area contributed by atoms with Crippen molar-refractivity contribution in [3.05, 3.63) is 18.5 Å². The molecule has 0 aliphatic carbocycles. The number of sulfonamides is 1. The predicted octanol–water partition coefficient (Wildman–Crippen LogP) is 0.338. The topological polar surface area (TPSA) is 66.4 Å². The minimum atomic E-state index is -3.07. The predicted molar refractivity (Wildman–Crippen MR) is 69.9 cm³/mol. The Kier molecular flexibility index (Phi) is 4.13. The van der Waals surface area contributed by atoms with Gasteiger partial charge < -0.3 is 4.90 Å². The van der Waals surface area contributed by atoms with Gasteiger partial charge in [0, 0.05) is 38.6 Å². The molecule has 1 aromatic heterocycles. The number of nitrogens with zero attached hydrogens (tertiary/aromatic N) is 4. The van der Waals surface area contributed by atoms with Crippen molar-refractivity contribution < 1.29 is 8.42 Å². The van der Waals surface area contributed by atoms with Crippen LogP contribution in [-0.2, 0) is 10.0 Å². The minimum Gasteiger partial charge on any atom is -0.338 e. The third kappa shape index (κ3) is 2.97. The third-order valence-corrected chi connectivity index (χ3v) is 5.01. The molecule has 0 unspecified atom stereocenters. The lowest BCUT2D eigenvalue weighted by atomic mass is 10.4. The molecule has 100 valence electrons. The second-order valence-electron chi connectivity index (χ2n) is 4.25. The second-order valence-corrected chi connectivity index (χ2v) is 6.34. The van der Waals surface area contributed by atoms with Gasteiger partial charge in [0.05, 0.1) is 5.75 Å². The molecule has 0 bridgehead atoms. The molecule has 1 aliphatic heterocycles. The second kappa shape index (κ2) is 5.62. The SMILES string of the molecule is CCCS(=O)(=O)N1CCN(c2ncccn2)CC1. The molecule has 6 nitrogen and oxygen atoms in total. The van der Waals surface area contributed by atoms with Gasteiger partial charge in [0.25, 0.3) is 0 Å². The highest BCUT2D eigenvalue weighted by atomic mass is 32.2. The summed E-state index contributed by atoms with van der Waals surface area (Å²) < 4.78 is 25.4. The zero-order chi connectivity index (χ0) is 13.0. The van der Waals surface area contributed by atoms with Gasteiger partial charge in [0.15, 0.2) is 0 Å². The van der Waals surface area contributed by atoms with Crippen LogP contribution in [0.3, 0.4) is 0 Å². The molecular weight excluding hydrogens is 252 g/mol. The molecule has 1 saturated heterocycles. The van der Waals surface area contributed by atoms with Crippen molar-refractivity contribution in [3.8, 4) is 0 Å². The van der Waals surface area contributed by atoms with Crippen LogP contribution in [0.15, 0.2) is 18.5 Å². The highest BCUT2D eigenvalue weighted by Gasteiger charge is 2.26. The number of hydrogen-bond donors (Lipinski definition) is 0. The molecule has 0 aromatic carbocycles. The molecule has 0 radical (unpaired) electrons. The lowest BCUT2D eigenvalue weighted by Crippen LogP contribution is -2.49. The van der Waals surface area contributed by atoms with Crippen molar-refractivity contribution in [2.45, 2.75) is 13.3 Å². The van der Waals surface area contributed by atoms with Crippen molar-refractivity contribution in [2.24, 2.45) is 0 Å². The first-order valence-corrected chi connectivity index (χ1v) is 7.74. The van der Waals surface area contributed by atoms with Crippen LogP contribution in [0.4, 0.5) is 5.95 Å². The fourth-order valence-electron chi connectivity index (χ4n) is 2.01. The van der Waals surface area contributed by atoms with Gasteiger partial charge in [-0.3, -0.25) is 0 Å². The fourth-order valence-corrected chi connectivity index (χ4v) is 3.50. The fraction of sp³-hybridized carbons (Fsp3) is 0.636. The van der Waals surface area contributed by atoms with E-state index >= 15 is 0 Å². The molecule has 18 heavy (non-hydrogen) atoms. The van der Waals surface area contributed by atoms with Crippen molar-refractivity contribution >= 4 is 16.0 Å². The molecule has 0 spiro atoms. The Hall–Kier alpha value is -1.21. The maximum Gasteiger partial charge on any atom is 0.225 e. The lowest BCUT2D eigenvalue weighted by molar-refractivity contribution is 0.382. The Bertz CT molecular complexity index is 469. The summed E-state index contributed by atoms with van der Waals surface area (Å²) in [5, 5.41) is 0. The summed E-state index contributed by atoms with van der Waals surface area (Å²) in [6.07, 6.45) is 4.05. The number of hydrogen-bond acceptors (Lipinski definition) is 5. The van der Waals surface area contributed by atoms with E-state index < -0.39 is 10.0 Å². The zero-order valence-corrected chi connectivity index (χ0v) is 11.3. The van der Waals surface area contributed by atoms with Crippen molar-refractivity contribution in [1.82, 2.24) is 14.3 Å². The molecule has 7 heteroatoms. The van der Waals surface area contributed by atoms with E-state index in [1.54, 1.807) is 22.8 Å². The summed E-state index contributed by atoms with van der Waals surface area (Å²) in [6, 6.07) is 1.77. The van der Waals surface area contributed by atoms with E-state index in [1.807, 2.05) is 11.8 Å². The molecule has 2 heterocycles. The van der Waals surface area contributed by atoms with Crippen molar-refractivity contribution in [3.63, 3.8) is 0 Å². The summed E-state index contributed by atoms with van der Waals surface area (Å²) in [6.45, 7) is 4.20. The van der Waals surface area contributed by atoms with E-state index in [9.17, 15) is 8.42 Å². The van der Waals surface area contributed by atoms with Crippen LogP contribution in [0, 0.1) is 0 Å². The Balaban J connectivity index is 1.97. The molecule has 1 aliphatic rings. The van der Waals surface area contributed by atoms with E-state index in [1.165, 1.54) is 0 Å². The molecule has 0 saturated carbocycles. The first-order valence-electron chi connectivity index (χ1n) is 6.13. The first kappa shape index (κ1) is 13.2. The molecule has 1 aromatic rings. The van der Waals surface area contributed by atoms with Crippen LogP contribution in [0.2, 0.25) is 0 Å². The van der Waals surface area contributed by atoms with Crippen LogP contribution in [-0.4, -0.2) is 54.6 Å². The van der Waals surface area contributed by atoms with Crippen LogP contribution < -0.4 is 4.90 Å². The smallest absolute Gasteiger partial charge is 0.225 e. The number of anilines is 1. The van der Waals surface area contributed by atoms with Crippen LogP contribution in [0.5, 0.6) is 0 Å². The molecule has 0 N–H and O–H groups in total. The molecule has 0 atom stereocenters. The van der Waals surface area contributed by atoms with E-state index in [4.69, 9.17) is 0 Å².